The van der Waals surface area contributed by atoms with Crippen molar-refractivity contribution in [2.75, 3.05) is 0 Å². The summed E-state index contributed by atoms with van der Waals surface area (Å²) in [5.41, 5.74) is 1.03. The second-order valence-corrected chi connectivity index (χ2v) is 8.98. The van der Waals surface area contributed by atoms with Crippen LogP contribution in [-0.2, 0) is 11.8 Å². The number of aryl methyl sites for hydroxylation is 1. The number of amides is 1. The van der Waals surface area contributed by atoms with Crippen LogP contribution in [0.1, 0.15) is 65.2 Å². The largest absolute Gasteiger partial charge is 0.490 e. The highest BCUT2D eigenvalue weighted by Gasteiger charge is 2.26. The number of benzene rings is 1. The van der Waals surface area contributed by atoms with Gasteiger partial charge in [-0.05, 0) is 64.2 Å². The third-order valence-electron chi connectivity index (χ3n) is 6.22. The minimum atomic E-state index is -0.370. The maximum atomic E-state index is 14.5. The van der Waals surface area contributed by atoms with E-state index in [4.69, 9.17) is 9.47 Å². The van der Waals surface area contributed by atoms with Crippen molar-refractivity contribution in [3.05, 3.63) is 17.9 Å². The van der Waals surface area contributed by atoms with Crippen molar-refractivity contribution in [3.63, 3.8) is 0 Å². The zero-order valence-corrected chi connectivity index (χ0v) is 18.1. The molecule has 0 bridgehead atoms. The van der Waals surface area contributed by atoms with Gasteiger partial charge in [-0.3, -0.25) is 9.36 Å². The fraction of sp³-hybridized carbons (Fsp3) is 0.652. The molecule has 2 aliphatic carbocycles. The Morgan fingerprint density at radius 3 is 2.53 bits per heavy atom. The molecule has 7 heteroatoms. The standard InChI is InChI=1S/C23H32FN3O3/c1-14(25-15(2)28)4-5-16-6-8-18(9-7-16)30-23-26-22-20(24)12-19(29-17-10-11-17)13-21(22)27(23)3/h12-14,16-18H,4-11H2,1-3H3,(H,25,28)/t14-,16?,18?/m0/s1. The molecule has 0 aliphatic heterocycles. The third kappa shape index (κ3) is 5.05. The predicted molar refractivity (Wildman–Crippen MR) is 113 cm³/mol. The van der Waals surface area contributed by atoms with Gasteiger partial charge in [0.2, 0.25) is 5.91 Å². The quantitative estimate of drug-likeness (QED) is 0.687. The fourth-order valence-electron chi connectivity index (χ4n) is 4.34. The predicted octanol–water partition coefficient (Wildman–Crippen LogP) is 4.50. The van der Waals surface area contributed by atoms with Gasteiger partial charge in [0.15, 0.2) is 5.82 Å². The maximum absolute atomic E-state index is 14.5. The van der Waals surface area contributed by atoms with Gasteiger partial charge in [-0.2, -0.15) is 4.98 Å². The summed E-state index contributed by atoms with van der Waals surface area (Å²) in [7, 11) is 1.86. The Balaban J connectivity index is 1.33. The summed E-state index contributed by atoms with van der Waals surface area (Å²) in [5.74, 6) is 0.891. The highest BCUT2D eigenvalue weighted by atomic mass is 19.1. The molecule has 30 heavy (non-hydrogen) atoms. The Morgan fingerprint density at radius 2 is 1.87 bits per heavy atom. The van der Waals surface area contributed by atoms with Crippen LogP contribution in [0.2, 0.25) is 0 Å². The molecular weight excluding hydrogens is 385 g/mol. The summed E-state index contributed by atoms with van der Waals surface area (Å²) in [6.45, 7) is 3.62. The van der Waals surface area contributed by atoms with Crippen molar-refractivity contribution >= 4 is 16.9 Å². The van der Waals surface area contributed by atoms with Crippen LogP contribution in [-0.4, -0.2) is 33.7 Å². The van der Waals surface area contributed by atoms with Gasteiger partial charge in [0.05, 0.1) is 11.6 Å². The lowest BCUT2D eigenvalue weighted by molar-refractivity contribution is -0.119. The second-order valence-electron chi connectivity index (χ2n) is 8.98. The molecule has 6 nitrogen and oxygen atoms in total. The summed E-state index contributed by atoms with van der Waals surface area (Å²) >= 11 is 0. The average Bonchev–Trinajstić information content (AvgIpc) is 3.45. The van der Waals surface area contributed by atoms with E-state index in [-0.39, 0.29) is 30.0 Å². The van der Waals surface area contributed by atoms with E-state index in [0.29, 0.717) is 28.7 Å². The Hall–Kier alpha value is -2.31. The van der Waals surface area contributed by atoms with Gasteiger partial charge in [-0.15, -0.1) is 0 Å². The molecule has 1 atom stereocenters. The topological polar surface area (TPSA) is 65.4 Å². The second kappa shape index (κ2) is 8.82. The number of nitrogens with zero attached hydrogens (tertiary/aromatic N) is 2. The lowest BCUT2D eigenvalue weighted by atomic mass is 9.84. The highest BCUT2D eigenvalue weighted by Crippen LogP contribution is 2.34. The van der Waals surface area contributed by atoms with E-state index < -0.39 is 0 Å². The molecule has 164 valence electrons. The molecule has 1 N–H and O–H groups in total. The van der Waals surface area contributed by atoms with Gasteiger partial charge in [0.25, 0.3) is 6.01 Å². The van der Waals surface area contributed by atoms with Crippen LogP contribution in [0.4, 0.5) is 4.39 Å². The molecular formula is C23H32FN3O3. The van der Waals surface area contributed by atoms with Crippen molar-refractivity contribution in [2.24, 2.45) is 13.0 Å². The molecule has 1 aromatic carbocycles. The fourth-order valence-corrected chi connectivity index (χ4v) is 4.34. The molecule has 0 spiro atoms. The SMILES string of the molecule is CC(=O)N[C@@H](C)CCC1CCC(Oc2nc3c(F)cc(OC4CC4)cc3n2C)CC1. The van der Waals surface area contributed by atoms with Crippen molar-refractivity contribution in [1.29, 1.82) is 0 Å². The molecule has 2 fully saturated rings. The number of aromatic nitrogens is 2. The van der Waals surface area contributed by atoms with E-state index in [1.807, 2.05) is 17.7 Å². The summed E-state index contributed by atoms with van der Waals surface area (Å²) < 4.78 is 28.3. The van der Waals surface area contributed by atoms with Crippen LogP contribution in [0.25, 0.3) is 11.0 Å². The minimum absolute atomic E-state index is 0.0321. The molecule has 0 unspecified atom stereocenters. The first-order valence-corrected chi connectivity index (χ1v) is 11.2. The van der Waals surface area contributed by atoms with E-state index >= 15 is 0 Å². The summed E-state index contributed by atoms with van der Waals surface area (Å²) in [6.07, 6.45) is 8.69. The van der Waals surface area contributed by atoms with Gasteiger partial charge < -0.3 is 14.8 Å². The van der Waals surface area contributed by atoms with E-state index in [1.54, 1.807) is 6.92 Å². The van der Waals surface area contributed by atoms with Crippen LogP contribution < -0.4 is 14.8 Å². The molecule has 2 aromatic rings. The number of ether oxygens (including phenoxy) is 2. The highest BCUT2D eigenvalue weighted by molar-refractivity contribution is 5.79. The number of fused-ring (bicyclic) bond motifs is 1. The van der Waals surface area contributed by atoms with Crippen LogP contribution in [0, 0.1) is 11.7 Å². The zero-order chi connectivity index (χ0) is 21.3. The Kier molecular flexibility index (Phi) is 6.16. The molecule has 0 radical (unpaired) electrons. The molecule has 4 rings (SSSR count). The van der Waals surface area contributed by atoms with E-state index in [1.165, 1.54) is 6.07 Å². The number of halogens is 1. The van der Waals surface area contributed by atoms with Crippen molar-refractivity contribution in [1.82, 2.24) is 14.9 Å². The molecule has 1 amide bonds. The number of rotatable bonds is 8. The summed E-state index contributed by atoms with van der Waals surface area (Å²) in [4.78, 5) is 15.6. The molecule has 1 heterocycles. The van der Waals surface area contributed by atoms with Crippen LogP contribution >= 0.6 is 0 Å². The summed E-state index contributed by atoms with van der Waals surface area (Å²) in [5, 5.41) is 2.95. The lowest BCUT2D eigenvalue weighted by Crippen LogP contribution is -2.31. The Morgan fingerprint density at radius 1 is 1.20 bits per heavy atom. The van der Waals surface area contributed by atoms with Crippen LogP contribution in [0.3, 0.4) is 0 Å². The monoisotopic (exact) mass is 417 g/mol. The number of hydrogen-bond donors (Lipinski definition) is 1. The number of hydrogen-bond acceptors (Lipinski definition) is 4. The normalized spacial score (nSPS) is 22.7. The summed E-state index contributed by atoms with van der Waals surface area (Å²) in [6, 6.07) is 3.96. The van der Waals surface area contributed by atoms with Crippen LogP contribution in [0.15, 0.2) is 12.1 Å². The lowest BCUT2D eigenvalue weighted by Gasteiger charge is -2.29. The number of carbonyl (C=O) groups excluding carboxylic acids is 1. The van der Waals surface area contributed by atoms with Crippen molar-refractivity contribution in [3.8, 4) is 11.8 Å². The first-order chi connectivity index (χ1) is 14.4. The number of carbonyl (C=O) groups is 1. The van der Waals surface area contributed by atoms with Gasteiger partial charge in [-0.1, -0.05) is 0 Å². The Labute approximate surface area is 177 Å². The third-order valence-corrected chi connectivity index (χ3v) is 6.22. The van der Waals surface area contributed by atoms with E-state index in [2.05, 4.69) is 17.2 Å². The van der Waals surface area contributed by atoms with Gasteiger partial charge in [0.1, 0.15) is 17.4 Å². The number of imidazole rings is 1. The average molecular weight is 418 g/mol. The van der Waals surface area contributed by atoms with Crippen molar-refractivity contribution in [2.45, 2.75) is 83.5 Å². The maximum Gasteiger partial charge on any atom is 0.297 e. The first kappa shape index (κ1) is 20.9. The molecule has 2 aliphatic rings. The number of nitrogens with one attached hydrogen (secondary N) is 1. The van der Waals surface area contributed by atoms with E-state index in [0.717, 1.165) is 51.4 Å². The Bertz CT molecular complexity index is 901. The van der Waals surface area contributed by atoms with Gasteiger partial charge in [-0.25, -0.2) is 4.39 Å². The molecule has 2 saturated carbocycles. The van der Waals surface area contributed by atoms with Crippen molar-refractivity contribution < 1.29 is 18.7 Å². The van der Waals surface area contributed by atoms with Gasteiger partial charge >= 0.3 is 0 Å². The van der Waals surface area contributed by atoms with E-state index in [9.17, 15) is 9.18 Å². The first-order valence-electron chi connectivity index (χ1n) is 11.2. The zero-order valence-electron chi connectivity index (χ0n) is 18.1. The molecule has 0 saturated heterocycles. The smallest absolute Gasteiger partial charge is 0.297 e. The minimum Gasteiger partial charge on any atom is -0.490 e. The van der Waals surface area contributed by atoms with Gasteiger partial charge in [0, 0.05) is 32.1 Å². The van der Waals surface area contributed by atoms with Crippen LogP contribution in [0.5, 0.6) is 11.8 Å². The molecule has 1 aromatic heterocycles.